The van der Waals surface area contributed by atoms with Crippen molar-refractivity contribution >= 4 is 27.6 Å². The average molecular weight is 325 g/mol. The summed E-state index contributed by atoms with van der Waals surface area (Å²) in [4.78, 5) is 8.31. The van der Waals surface area contributed by atoms with Crippen LogP contribution in [0.2, 0.25) is 5.02 Å². The van der Waals surface area contributed by atoms with E-state index in [0.717, 1.165) is 0 Å². The summed E-state index contributed by atoms with van der Waals surface area (Å²) in [6.07, 6.45) is 3.27. The lowest BCUT2D eigenvalue weighted by molar-refractivity contribution is 0.280. The SMILES string of the molecule is O=S(=O)(c1cccc(Cl)c1)N1CC(Nc2ncccn2)C1. The summed E-state index contributed by atoms with van der Waals surface area (Å²) in [6, 6.07) is 8.01. The first-order valence-corrected chi connectivity index (χ1v) is 8.17. The lowest BCUT2D eigenvalue weighted by atomic mass is 10.2. The molecule has 1 aliphatic rings. The Labute approximate surface area is 127 Å². The van der Waals surface area contributed by atoms with E-state index in [9.17, 15) is 8.42 Å². The maximum Gasteiger partial charge on any atom is 0.243 e. The Morgan fingerprint density at radius 1 is 1.19 bits per heavy atom. The molecule has 0 radical (unpaired) electrons. The number of nitrogens with one attached hydrogen (secondary N) is 1. The van der Waals surface area contributed by atoms with Crippen molar-refractivity contribution in [3.63, 3.8) is 0 Å². The molecule has 1 saturated heterocycles. The second-order valence-corrected chi connectivity index (χ2v) is 7.07. The molecule has 21 heavy (non-hydrogen) atoms. The van der Waals surface area contributed by atoms with E-state index in [-0.39, 0.29) is 10.9 Å². The Balaban J connectivity index is 1.65. The summed E-state index contributed by atoms with van der Waals surface area (Å²) < 4.78 is 26.1. The number of sulfonamides is 1. The topological polar surface area (TPSA) is 75.2 Å². The third-order valence-electron chi connectivity index (χ3n) is 3.18. The number of halogens is 1. The Bertz CT molecular complexity index is 733. The zero-order valence-electron chi connectivity index (χ0n) is 11.0. The number of hydrogen-bond donors (Lipinski definition) is 1. The van der Waals surface area contributed by atoms with Crippen LogP contribution in [0.1, 0.15) is 0 Å². The molecule has 8 heteroatoms. The first kappa shape index (κ1) is 14.2. The van der Waals surface area contributed by atoms with Gasteiger partial charge in [-0.25, -0.2) is 18.4 Å². The van der Waals surface area contributed by atoms with Crippen LogP contribution in [-0.4, -0.2) is 41.8 Å². The summed E-state index contributed by atoms with van der Waals surface area (Å²) in [5, 5.41) is 3.50. The lowest BCUT2D eigenvalue weighted by Crippen LogP contribution is -2.56. The minimum atomic E-state index is -3.48. The van der Waals surface area contributed by atoms with Crippen LogP contribution in [0.5, 0.6) is 0 Å². The van der Waals surface area contributed by atoms with Crippen molar-refractivity contribution in [2.45, 2.75) is 10.9 Å². The summed E-state index contributed by atoms with van der Waals surface area (Å²) in [5.74, 6) is 0.502. The van der Waals surface area contributed by atoms with Gasteiger partial charge in [0.15, 0.2) is 0 Å². The van der Waals surface area contributed by atoms with Crippen LogP contribution in [0.25, 0.3) is 0 Å². The summed E-state index contributed by atoms with van der Waals surface area (Å²) in [6.45, 7) is 0.764. The number of hydrogen-bond acceptors (Lipinski definition) is 5. The molecule has 1 aromatic heterocycles. The molecule has 0 amide bonds. The van der Waals surface area contributed by atoms with Gasteiger partial charge in [0.25, 0.3) is 0 Å². The summed E-state index contributed by atoms with van der Waals surface area (Å²) >= 11 is 5.84. The molecule has 110 valence electrons. The largest absolute Gasteiger partial charge is 0.349 e. The first-order chi connectivity index (χ1) is 10.1. The molecule has 3 rings (SSSR count). The van der Waals surface area contributed by atoms with Gasteiger partial charge in [-0.15, -0.1) is 0 Å². The molecule has 0 bridgehead atoms. The molecule has 2 aromatic rings. The van der Waals surface area contributed by atoms with Crippen molar-refractivity contribution in [3.8, 4) is 0 Å². The van der Waals surface area contributed by atoms with E-state index in [1.54, 1.807) is 36.7 Å². The van der Waals surface area contributed by atoms with Crippen LogP contribution >= 0.6 is 11.6 Å². The molecule has 0 saturated carbocycles. The highest BCUT2D eigenvalue weighted by Gasteiger charge is 2.37. The van der Waals surface area contributed by atoms with Gasteiger partial charge in [0, 0.05) is 30.5 Å². The van der Waals surface area contributed by atoms with Crippen LogP contribution in [0.15, 0.2) is 47.6 Å². The lowest BCUT2D eigenvalue weighted by Gasteiger charge is -2.38. The van der Waals surface area contributed by atoms with Crippen LogP contribution in [0.4, 0.5) is 5.95 Å². The van der Waals surface area contributed by atoms with E-state index in [4.69, 9.17) is 11.6 Å². The van der Waals surface area contributed by atoms with Gasteiger partial charge in [0.1, 0.15) is 0 Å². The fourth-order valence-electron chi connectivity index (χ4n) is 2.06. The normalized spacial score (nSPS) is 16.4. The zero-order chi connectivity index (χ0) is 14.9. The van der Waals surface area contributed by atoms with E-state index in [2.05, 4.69) is 15.3 Å². The number of aromatic nitrogens is 2. The van der Waals surface area contributed by atoms with Crippen LogP contribution in [0, 0.1) is 0 Å². The number of nitrogens with zero attached hydrogens (tertiary/aromatic N) is 3. The highest BCUT2D eigenvalue weighted by molar-refractivity contribution is 7.89. The average Bonchev–Trinajstić information content (AvgIpc) is 2.43. The van der Waals surface area contributed by atoms with Crippen molar-refractivity contribution in [2.24, 2.45) is 0 Å². The second-order valence-electron chi connectivity index (χ2n) is 4.69. The van der Waals surface area contributed by atoms with Crippen LogP contribution in [0.3, 0.4) is 0 Å². The second kappa shape index (κ2) is 5.59. The molecule has 1 N–H and O–H groups in total. The fourth-order valence-corrected chi connectivity index (χ4v) is 3.89. The molecule has 1 fully saturated rings. The van der Waals surface area contributed by atoms with E-state index in [1.165, 1.54) is 10.4 Å². The molecule has 0 atom stereocenters. The first-order valence-electron chi connectivity index (χ1n) is 6.35. The Hall–Kier alpha value is -1.70. The van der Waals surface area contributed by atoms with Gasteiger partial charge in [-0.05, 0) is 24.3 Å². The maximum atomic E-state index is 12.4. The van der Waals surface area contributed by atoms with Gasteiger partial charge in [0.2, 0.25) is 16.0 Å². The maximum absolute atomic E-state index is 12.4. The Morgan fingerprint density at radius 3 is 2.57 bits per heavy atom. The Morgan fingerprint density at radius 2 is 1.90 bits per heavy atom. The minimum Gasteiger partial charge on any atom is -0.349 e. The van der Waals surface area contributed by atoms with Crippen molar-refractivity contribution in [3.05, 3.63) is 47.7 Å². The smallest absolute Gasteiger partial charge is 0.243 e. The van der Waals surface area contributed by atoms with Crippen LogP contribution < -0.4 is 5.32 Å². The van der Waals surface area contributed by atoms with Gasteiger partial charge in [-0.2, -0.15) is 4.31 Å². The van der Waals surface area contributed by atoms with Crippen molar-refractivity contribution in [1.82, 2.24) is 14.3 Å². The van der Waals surface area contributed by atoms with E-state index in [1.807, 2.05) is 0 Å². The van der Waals surface area contributed by atoms with Gasteiger partial charge < -0.3 is 5.32 Å². The van der Waals surface area contributed by atoms with E-state index < -0.39 is 10.0 Å². The molecule has 2 heterocycles. The van der Waals surface area contributed by atoms with E-state index >= 15 is 0 Å². The highest BCUT2D eigenvalue weighted by atomic mass is 35.5. The van der Waals surface area contributed by atoms with Gasteiger partial charge in [-0.1, -0.05) is 17.7 Å². The number of anilines is 1. The van der Waals surface area contributed by atoms with Crippen molar-refractivity contribution in [1.29, 1.82) is 0 Å². The zero-order valence-corrected chi connectivity index (χ0v) is 12.5. The highest BCUT2D eigenvalue weighted by Crippen LogP contribution is 2.24. The third-order valence-corrected chi connectivity index (χ3v) is 5.24. The molecule has 0 spiro atoms. The third kappa shape index (κ3) is 2.99. The molecule has 1 aliphatic heterocycles. The van der Waals surface area contributed by atoms with Gasteiger partial charge in [-0.3, -0.25) is 0 Å². The number of benzene rings is 1. The molecule has 6 nitrogen and oxygen atoms in total. The predicted octanol–water partition coefficient (Wildman–Crippen LogP) is 1.61. The quantitative estimate of drug-likeness (QED) is 0.925. The van der Waals surface area contributed by atoms with Gasteiger partial charge >= 0.3 is 0 Å². The standard InChI is InChI=1S/C13H13ClN4O2S/c14-10-3-1-4-12(7-10)21(19,20)18-8-11(9-18)17-13-15-5-2-6-16-13/h1-7,11H,8-9H2,(H,15,16,17). The molecule has 1 aromatic carbocycles. The predicted molar refractivity (Wildman–Crippen MR) is 79.7 cm³/mol. The van der Waals surface area contributed by atoms with Crippen LogP contribution in [-0.2, 0) is 10.0 Å². The Kier molecular flexibility index (Phi) is 3.79. The monoisotopic (exact) mass is 324 g/mol. The van der Waals surface area contributed by atoms with E-state index in [0.29, 0.717) is 24.1 Å². The molecule has 0 unspecified atom stereocenters. The van der Waals surface area contributed by atoms with Crippen molar-refractivity contribution < 1.29 is 8.42 Å². The fraction of sp³-hybridized carbons (Fsp3) is 0.231. The molecule has 0 aliphatic carbocycles. The summed E-state index contributed by atoms with van der Waals surface area (Å²) in [5.41, 5.74) is 0. The molecular weight excluding hydrogens is 312 g/mol. The summed E-state index contributed by atoms with van der Waals surface area (Å²) in [7, 11) is -3.48. The van der Waals surface area contributed by atoms with Gasteiger partial charge in [0.05, 0.1) is 10.9 Å². The molecular formula is C13H13ClN4O2S. The number of rotatable bonds is 4. The van der Waals surface area contributed by atoms with Crippen molar-refractivity contribution in [2.75, 3.05) is 18.4 Å². The minimum absolute atomic E-state index is 0.0151.